The van der Waals surface area contributed by atoms with Crippen LogP contribution in [0.25, 0.3) is 0 Å². The molecule has 2 saturated heterocycles. The molecule has 2 N–H and O–H groups in total. The van der Waals surface area contributed by atoms with Crippen LogP contribution < -0.4 is 5.73 Å². The maximum absolute atomic E-state index is 5.95. The lowest BCUT2D eigenvalue weighted by molar-refractivity contribution is -0.293. The van der Waals surface area contributed by atoms with Gasteiger partial charge in [-0.15, -0.1) is 0 Å². The Morgan fingerprint density at radius 1 is 1.07 bits per heavy atom. The van der Waals surface area contributed by atoms with Crippen LogP contribution in [0.1, 0.15) is 19.3 Å². The largest absolute Gasteiger partial charge is 0.380 e. The average molecular weight is 197 g/mol. The van der Waals surface area contributed by atoms with Crippen molar-refractivity contribution in [3.05, 3.63) is 0 Å². The molecule has 3 rings (SSSR count). The van der Waals surface area contributed by atoms with Gasteiger partial charge in [-0.2, -0.15) is 0 Å². The summed E-state index contributed by atoms with van der Waals surface area (Å²) in [5.74, 6) is 0.865. The summed E-state index contributed by atoms with van der Waals surface area (Å²) >= 11 is 0. The molecular weight excluding hydrogens is 178 g/mol. The van der Waals surface area contributed by atoms with Gasteiger partial charge in [0.05, 0.1) is 26.4 Å². The molecule has 0 aromatic heterocycles. The first-order valence-electron chi connectivity index (χ1n) is 5.69. The van der Waals surface area contributed by atoms with Crippen molar-refractivity contribution in [2.24, 2.45) is 22.5 Å². The third-order valence-corrected chi connectivity index (χ3v) is 4.81. The lowest BCUT2D eigenvalue weighted by Gasteiger charge is -2.64. The third-order valence-electron chi connectivity index (χ3n) is 4.81. The van der Waals surface area contributed by atoms with Gasteiger partial charge in [0.15, 0.2) is 0 Å². The first kappa shape index (κ1) is 9.13. The second-order valence-electron chi connectivity index (χ2n) is 5.25. The molecule has 2 heterocycles. The Bertz CT molecular complexity index is 224. The molecule has 1 aliphatic carbocycles. The highest BCUT2D eigenvalue weighted by Crippen LogP contribution is 2.59. The zero-order valence-electron chi connectivity index (χ0n) is 8.63. The van der Waals surface area contributed by atoms with E-state index in [1.54, 1.807) is 0 Å². The summed E-state index contributed by atoms with van der Waals surface area (Å²) in [6, 6.07) is 0. The van der Waals surface area contributed by atoms with E-state index in [-0.39, 0.29) is 5.41 Å². The molecule has 3 aliphatic rings. The molecule has 3 fully saturated rings. The molecule has 80 valence electrons. The van der Waals surface area contributed by atoms with E-state index in [4.69, 9.17) is 15.2 Å². The van der Waals surface area contributed by atoms with Crippen LogP contribution in [0.15, 0.2) is 0 Å². The van der Waals surface area contributed by atoms with E-state index in [0.29, 0.717) is 5.41 Å². The van der Waals surface area contributed by atoms with E-state index in [1.165, 1.54) is 19.3 Å². The topological polar surface area (TPSA) is 44.5 Å². The highest BCUT2D eigenvalue weighted by molar-refractivity contribution is 5.10. The SMILES string of the molecule is NCC1(C2(C3CCC3)COC2)COC1. The van der Waals surface area contributed by atoms with Crippen LogP contribution in [-0.2, 0) is 9.47 Å². The van der Waals surface area contributed by atoms with E-state index in [2.05, 4.69) is 0 Å². The van der Waals surface area contributed by atoms with E-state index in [1.807, 2.05) is 0 Å². The highest BCUT2D eigenvalue weighted by Gasteiger charge is 2.63. The standard InChI is InChI=1S/C11H19NO2/c12-4-10(5-13-6-10)11(7-14-8-11)9-2-1-3-9/h9H,1-8,12H2. The molecule has 0 amide bonds. The van der Waals surface area contributed by atoms with Crippen molar-refractivity contribution >= 4 is 0 Å². The summed E-state index contributed by atoms with van der Waals surface area (Å²) in [6.45, 7) is 4.36. The normalized spacial score (nSPS) is 34.1. The average Bonchev–Trinajstić information content (AvgIpc) is 1.94. The minimum atomic E-state index is 0.260. The summed E-state index contributed by atoms with van der Waals surface area (Å²) in [5.41, 5.74) is 6.59. The van der Waals surface area contributed by atoms with Gasteiger partial charge < -0.3 is 15.2 Å². The Kier molecular flexibility index (Phi) is 1.92. The minimum Gasteiger partial charge on any atom is -0.380 e. The van der Waals surface area contributed by atoms with Crippen molar-refractivity contribution in [1.29, 1.82) is 0 Å². The van der Waals surface area contributed by atoms with Gasteiger partial charge in [-0.3, -0.25) is 0 Å². The molecule has 3 heteroatoms. The Morgan fingerprint density at radius 3 is 1.93 bits per heavy atom. The van der Waals surface area contributed by atoms with Gasteiger partial charge in [-0.05, 0) is 18.8 Å². The van der Waals surface area contributed by atoms with Crippen molar-refractivity contribution in [2.45, 2.75) is 19.3 Å². The molecule has 2 aliphatic heterocycles. The van der Waals surface area contributed by atoms with E-state index in [9.17, 15) is 0 Å². The van der Waals surface area contributed by atoms with Gasteiger partial charge in [-0.25, -0.2) is 0 Å². The molecule has 0 aromatic carbocycles. The van der Waals surface area contributed by atoms with Crippen LogP contribution in [0.2, 0.25) is 0 Å². The second-order valence-corrected chi connectivity index (χ2v) is 5.25. The predicted octanol–water partition coefficient (Wildman–Crippen LogP) is 0.778. The van der Waals surface area contributed by atoms with Crippen molar-refractivity contribution in [2.75, 3.05) is 33.0 Å². The van der Waals surface area contributed by atoms with Crippen LogP contribution in [0.5, 0.6) is 0 Å². The van der Waals surface area contributed by atoms with E-state index in [0.717, 1.165) is 38.9 Å². The number of rotatable bonds is 3. The summed E-state index contributed by atoms with van der Waals surface area (Å²) in [6.07, 6.45) is 4.16. The Labute approximate surface area is 84.9 Å². The van der Waals surface area contributed by atoms with E-state index < -0.39 is 0 Å². The van der Waals surface area contributed by atoms with Gasteiger partial charge >= 0.3 is 0 Å². The van der Waals surface area contributed by atoms with Gasteiger partial charge in [0, 0.05) is 17.4 Å². The number of nitrogens with two attached hydrogens (primary N) is 1. The predicted molar refractivity (Wildman–Crippen MR) is 52.9 cm³/mol. The Morgan fingerprint density at radius 2 is 1.71 bits per heavy atom. The Balaban J connectivity index is 1.83. The molecule has 0 atom stereocenters. The summed E-state index contributed by atoms with van der Waals surface area (Å²) in [5, 5.41) is 0. The van der Waals surface area contributed by atoms with Crippen molar-refractivity contribution in [1.82, 2.24) is 0 Å². The van der Waals surface area contributed by atoms with Gasteiger partial charge in [-0.1, -0.05) is 6.42 Å². The highest BCUT2D eigenvalue weighted by atomic mass is 16.5. The third kappa shape index (κ3) is 0.884. The maximum Gasteiger partial charge on any atom is 0.0564 e. The summed E-state index contributed by atoms with van der Waals surface area (Å²) in [4.78, 5) is 0. The van der Waals surface area contributed by atoms with Gasteiger partial charge in [0.1, 0.15) is 0 Å². The second kappa shape index (κ2) is 2.94. The van der Waals surface area contributed by atoms with E-state index >= 15 is 0 Å². The lowest BCUT2D eigenvalue weighted by atomic mass is 9.50. The molecule has 0 unspecified atom stereocenters. The molecule has 1 saturated carbocycles. The quantitative estimate of drug-likeness (QED) is 0.727. The number of hydrogen-bond acceptors (Lipinski definition) is 3. The van der Waals surface area contributed by atoms with Crippen molar-refractivity contribution in [3.8, 4) is 0 Å². The van der Waals surface area contributed by atoms with Crippen LogP contribution in [0, 0.1) is 16.7 Å². The van der Waals surface area contributed by atoms with Gasteiger partial charge in [0.2, 0.25) is 0 Å². The number of hydrogen-bond donors (Lipinski definition) is 1. The van der Waals surface area contributed by atoms with Crippen molar-refractivity contribution in [3.63, 3.8) is 0 Å². The fourth-order valence-electron chi connectivity index (χ4n) is 3.21. The summed E-state index contributed by atoms with van der Waals surface area (Å²) < 4.78 is 10.9. The molecule has 14 heavy (non-hydrogen) atoms. The number of ether oxygens (including phenoxy) is 2. The van der Waals surface area contributed by atoms with Crippen LogP contribution in [0.4, 0.5) is 0 Å². The summed E-state index contributed by atoms with van der Waals surface area (Å²) in [7, 11) is 0. The Hall–Kier alpha value is -0.120. The van der Waals surface area contributed by atoms with Crippen LogP contribution in [0.3, 0.4) is 0 Å². The zero-order chi connectivity index (χ0) is 9.65. The molecule has 0 bridgehead atoms. The molecule has 0 radical (unpaired) electrons. The van der Waals surface area contributed by atoms with Crippen LogP contribution >= 0.6 is 0 Å². The van der Waals surface area contributed by atoms with Crippen molar-refractivity contribution < 1.29 is 9.47 Å². The molecular formula is C11H19NO2. The molecule has 0 aromatic rings. The zero-order valence-corrected chi connectivity index (χ0v) is 8.63. The van der Waals surface area contributed by atoms with Crippen LogP contribution in [-0.4, -0.2) is 33.0 Å². The monoisotopic (exact) mass is 197 g/mol. The smallest absolute Gasteiger partial charge is 0.0564 e. The maximum atomic E-state index is 5.95. The molecule has 0 spiro atoms. The lowest BCUT2D eigenvalue weighted by Crippen LogP contribution is -2.70. The fraction of sp³-hybridized carbons (Fsp3) is 1.00. The minimum absolute atomic E-state index is 0.260. The van der Waals surface area contributed by atoms with Gasteiger partial charge in [0.25, 0.3) is 0 Å². The fourth-order valence-corrected chi connectivity index (χ4v) is 3.21. The molecule has 3 nitrogen and oxygen atoms in total. The first-order valence-corrected chi connectivity index (χ1v) is 5.69. The first-order chi connectivity index (χ1) is 6.83.